The second kappa shape index (κ2) is 2.34. The molecule has 0 saturated heterocycles. The van der Waals surface area contributed by atoms with E-state index >= 15 is 0 Å². The van der Waals surface area contributed by atoms with E-state index in [0.29, 0.717) is 0 Å². The van der Waals surface area contributed by atoms with Crippen LogP contribution in [-0.4, -0.2) is 16.1 Å². The third-order valence-electron chi connectivity index (χ3n) is 0.973. The van der Waals surface area contributed by atoms with Crippen LogP contribution in [-0.2, 0) is 0 Å². The molecule has 0 aliphatic rings. The first-order valence-corrected chi connectivity index (χ1v) is 2.57. The number of carboxylic acids is 1. The monoisotopic (exact) mass is 138 g/mol. The van der Waals surface area contributed by atoms with E-state index < -0.39 is 17.4 Å². The minimum absolute atomic E-state index is 0.428. The normalized spacial score (nSPS) is 9.20. The fraction of sp³-hybridized carbons (Fsp3) is 0. The molecule has 0 spiro atoms. The zero-order valence-electron chi connectivity index (χ0n) is 4.94. The van der Waals surface area contributed by atoms with Crippen LogP contribution in [0.25, 0.3) is 0 Å². The fourth-order valence-corrected chi connectivity index (χ4v) is 0.551. The number of hydrogen-bond donors (Lipinski definition) is 1. The Kier molecular flexibility index (Phi) is 1.53. The van der Waals surface area contributed by atoms with Gasteiger partial charge in [-0.25, -0.2) is 9.78 Å². The second-order valence-corrected chi connectivity index (χ2v) is 1.66. The summed E-state index contributed by atoms with van der Waals surface area (Å²) in [6.07, 6.45) is 1.27. The van der Waals surface area contributed by atoms with E-state index in [1.165, 1.54) is 12.3 Å². The molecule has 0 atom stereocenters. The average Bonchev–Trinajstić information content (AvgIpc) is 1.88. The Labute approximate surface area is 56.8 Å². The van der Waals surface area contributed by atoms with Crippen molar-refractivity contribution >= 4 is 5.97 Å². The predicted molar refractivity (Wildman–Crippen MR) is 30.6 cm³/mol. The Bertz CT molecular complexity index is 259. The molecule has 0 bridgehead atoms. The first-order chi connectivity index (χ1) is 4.72. The van der Waals surface area contributed by atoms with E-state index in [4.69, 9.17) is 5.11 Å². The molecule has 10 heavy (non-hydrogen) atoms. The van der Waals surface area contributed by atoms with Crippen molar-refractivity contribution in [3.63, 3.8) is 0 Å². The molecule has 0 unspecified atom stereocenters. The predicted octanol–water partition coefficient (Wildman–Crippen LogP) is -0.147. The van der Waals surface area contributed by atoms with Gasteiger partial charge in [0.25, 0.3) is 0 Å². The maximum Gasteiger partial charge on any atom is 0.353 e. The van der Waals surface area contributed by atoms with Crippen molar-refractivity contribution < 1.29 is 15.0 Å². The molecule has 4 heteroatoms. The van der Waals surface area contributed by atoms with Gasteiger partial charge in [-0.1, -0.05) is 11.8 Å². The summed E-state index contributed by atoms with van der Waals surface area (Å²) in [4.78, 5) is 13.5. The van der Waals surface area contributed by atoms with Crippen LogP contribution in [0.4, 0.5) is 0 Å². The first-order valence-electron chi connectivity index (χ1n) is 2.57. The van der Waals surface area contributed by atoms with E-state index in [1.807, 2.05) is 0 Å². The van der Waals surface area contributed by atoms with E-state index in [-0.39, 0.29) is 0 Å². The van der Waals surface area contributed by atoms with Crippen LogP contribution >= 0.6 is 0 Å². The fourth-order valence-electron chi connectivity index (χ4n) is 0.551. The van der Waals surface area contributed by atoms with Crippen LogP contribution in [0.1, 0.15) is 10.5 Å². The van der Waals surface area contributed by atoms with Gasteiger partial charge >= 0.3 is 5.97 Å². The third-order valence-corrected chi connectivity index (χ3v) is 0.973. The topological polar surface area (TPSA) is 73.2 Å². The van der Waals surface area contributed by atoms with Gasteiger partial charge in [0.1, 0.15) is 5.69 Å². The molecule has 1 aromatic rings. The Hall–Kier alpha value is -1.58. The molecule has 1 rings (SSSR count). The smallest absolute Gasteiger partial charge is 0.353 e. The van der Waals surface area contributed by atoms with Crippen molar-refractivity contribution in [3.05, 3.63) is 24.0 Å². The van der Waals surface area contributed by atoms with Gasteiger partial charge in [0.2, 0.25) is 0 Å². The lowest BCUT2D eigenvalue weighted by Gasteiger charge is -2.05. The molecular weight excluding hydrogens is 134 g/mol. The van der Waals surface area contributed by atoms with Crippen molar-refractivity contribution in [3.8, 4) is 5.75 Å². The maximum absolute atomic E-state index is 10.6. The Morgan fingerprint density at radius 1 is 1.70 bits per heavy atom. The molecule has 0 aliphatic heterocycles. The van der Waals surface area contributed by atoms with E-state index in [0.717, 1.165) is 6.07 Å². The average molecular weight is 138 g/mol. The van der Waals surface area contributed by atoms with Crippen molar-refractivity contribution in [2.24, 2.45) is 0 Å². The molecule has 52 valence electrons. The number of carbonyl (C=O) groups is 1. The summed E-state index contributed by atoms with van der Waals surface area (Å²) < 4.78 is 0. The Morgan fingerprint density at radius 3 is 2.80 bits per heavy atom. The van der Waals surface area contributed by atoms with E-state index in [2.05, 4.69) is 4.98 Å². The minimum atomic E-state index is -1.29. The van der Waals surface area contributed by atoms with Gasteiger partial charge in [0.15, 0.2) is 0 Å². The summed E-state index contributed by atoms with van der Waals surface area (Å²) in [5.74, 6) is -1.85. The van der Waals surface area contributed by atoms with Gasteiger partial charge in [-0.05, 0) is 6.07 Å². The summed E-state index contributed by atoms with van der Waals surface area (Å²) in [5, 5.41) is 18.9. The van der Waals surface area contributed by atoms with Gasteiger partial charge in [0, 0.05) is 6.20 Å². The summed E-state index contributed by atoms with van der Waals surface area (Å²) in [6, 6.07) is 2.56. The number of hydrogen-bond acceptors (Lipinski definition) is 3. The minimum Gasteiger partial charge on any atom is -0.871 e. The van der Waals surface area contributed by atoms with Crippen LogP contribution in [0.2, 0.25) is 0 Å². The van der Waals surface area contributed by atoms with Crippen molar-refractivity contribution in [1.29, 1.82) is 0 Å². The highest BCUT2D eigenvalue weighted by molar-refractivity contribution is 5.87. The summed E-state index contributed by atoms with van der Waals surface area (Å²) in [7, 11) is 0. The molecule has 0 radical (unpaired) electrons. The lowest BCUT2D eigenvalue weighted by molar-refractivity contribution is -0.269. The number of pyridine rings is 1. The zero-order valence-corrected chi connectivity index (χ0v) is 4.94. The molecule has 1 heterocycles. The molecular formula is C6H4NO3-. The van der Waals surface area contributed by atoms with Crippen LogP contribution in [0.15, 0.2) is 18.3 Å². The van der Waals surface area contributed by atoms with Gasteiger partial charge < -0.3 is 10.2 Å². The quantitative estimate of drug-likeness (QED) is 0.585. The zero-order chi connectivity index (χ0) is 7.56. The Morgan fingerprint density at radius 2 is 2.40 bits per heavy atom. The summed E-state index contributed by atoms with van der Waals surface area (Å²) in [5.41, 5.74) is -0.428. The van der Waals surface area contributed by atoms with Crippen LogP contribution in [0.3, 0.4) is 0 Å². The molecule has 0 aromatic carbocycles. The van der Waals surface area contributed by atoms with Gasteiger partial charge in [0.05, 0.1) is 0 Å². The maximum atomic E-state index is 10.6. The SMILES string of the molecule is O=C(O)c1ncccc1[O-]. The molecule has 0 amide bonds. The van der Waals surface area contributed by atoms with Crippen LogP contribution in [0, 0.1) is 0 Å². The van der Waals surface area contributed by atoms with Gasteiger partial charge in [-0.3, -0.25) is 0 Å². The molecule has 1 N–H and O–H groups in total. The van der Waals surface area contributed by atoms with E-state index in [1.54, 1.807) is 0 Å². The second-order valence-electron chi connectivity index (χ2n) is 1.66. The molecule has 4 nitrogen and oxygen atoms in total. The number of rotatable bonds is 1. The largest absolute Gasteiger partial charge is 0.871 e. The van der Waals surface area contributed by atoms with Gasteiger partial charge in [-0.2, -0.15) is 0 Å². The van der Waals surface area contributed by atoms with Crippen molar-refractivity contribution in [1.82, 2.24) is 4.98 Å². The number of nitrogens with zero attached hydrogens (tertiary/aromatic N) is 1. The molecule has 1 aromatic heterocycles. The first kappa shape index (κ1) is 6.54. The third kappa shape index (κ3) is 1.05. The van der Waals surface area contributed by atoms with Crippen LogP contribution in [0.5, 0.6) is 5.75 Å². The van der Waals surface area contributed by atoms with Crippen LogP contribution < -0.4 is 5.11 Å². The standard InChI is InChI=1S/C6H5NO3/c8-4-2-1-3-7-5(4)6(9)10/h1-3,8H,(H,9,10)/p-1. The highest BCUT2D eigenvalue weighted by Gasteiger charge is 2.01. The highest BCUT2D eigenvalue weighted by Crippen LogP contribution is 2.07. The summed E-state index contributed by atoms with van der Waals surface area (Å²) >= 11 is 0. The number of aromatic carboxylic acids is 1. The van der Waals surface area contributed by atoms with Gasteiger partial charge in [-0.15, -0.1) is 0 Å². The number of aromatic nitrogens is 1. The number of carboxylic acid groups (broad SMARTS) is 1. The molecule has 0 aliphatic carbocycles. The summed E-state index contributed by atoms with van der Waals surface area (Å²) in [6.45, 7) is 0. The van der Waals surface area contributed by atoms with Crippen molar-refractivity contribution in [2.75, 3.05) is 0 Å². The van der Waals surface area contributed by atoms with Crippen molar-refractivity contribution in [2.45, 2.75) is 0 Å². The molecule has 0 fully saturated rings. The Balaban J connectivity index is 3.15. The highest BCUT2D eigenvalue weighted by atomic mass is 16.4. The van der Waals surface area contributed by atoms with E-state index in [9.17, 15) is 9.90 Å². The molecule has 0 saturated carbocycles. The lowest BCUT2D eigenvalue weighted by Crippen LogP contribution is -2.05. The lowest BCUT2D eigenvalue weighted by atomic mass is 10.3.